The summed E-state index contributed by atoms with van der Waals surface area (Å²) in [5, 5.41) is 2.95. The van der Waals surface area contributed by atoms with Crippen molar-refractivity contribution in [1.29, 1.82) is 0 Å². The minimum atomic E-state index is -0.138. The molecule has 0 unspecified atom stereocenters. The van der Waals surface area contributed by atoms with E-state index >= 15 is 0 Å². The number of carbonyl (C=O) groups is 1. The van der Waals surface area contributed by atoms with Gasteiger partial charge in [0.1, 0.15) is 5.75 Å². The van der Waals surface area contributed by atoms with Gasteiger partial charge in [0.05, 0.1) is 6.04 Å². The molecule has 0 aliphatic rings. The number of ether oxygens (including phenoxy) is 1. The lowest BCUT2D eigenvalue weighted by Gasteiger charge is -2.15. The SMILES string of the molecule is C[C@H](NC(=O)COc1ccccc1)c1ccc(-n2cccc2)cc1. The van der Waals surface area contributed by atoms with Crippen LogP contribution in [-0.2, 0) is 4.79 Å². The summed E-state index contributed by atoms with van der Waals surface area (Å²) in [6.07, 6.45) is 4.00. The van der Waals surface area contributed by atoms with Crippen molar-refractivity contribution in [2.75, 3.05) is 6.61 Å². The zero-order valence-corrected chi connectivity index (χ0v) is 13.6. The summed E-state index contributed by atoms with van der Waals surface area (Å²) in [5.74, 6) is 0.553. The van der Waals surface area contributed by atoms with Crippen LogP contribution in [0, 0.1) is 0 Å². The van der Waals surface area contributed by atoms with E-state index in [1.54, 1.807) is 0 Å². The van der Waals surface area contributed by atoms with E-state index < -0.39 is 0 Å². The molecule has 3 aromatic rings. The summed E-state index contributed by atoms with van der Waals surface area (Å²) in [7, 11) is 0. The molecule has 24 heavy (non-hydrogen) atoms. The lowest BCUT2D eigenvalue weighted by Crippen LogP contribution is -2.31. The van der Waals surface area contributed by atoms with Crippen molar-refractivity contribution in [2.45, 2.75) is 13.0 Å². The van der Waals surface area contributed by atoms with E-state index in [1.807, 2.05) is 90.6 Å². The smallest absolute Gasteiger partial charge is 0.258 e. The van der Waals surface area contributed by atoms with Gasteiger partial charge in [0.2, 0.25) is 0 Å². The molecule has 0 aliphatic carbocycles. The molecule has 0 fully saturated rings. The summed E-state index contributed by atoms with van der Waals surface area (Å²) in [4.78, 5) is 12.0. The fourth-order valence-electron chi connectivity index (χ4n) is 2.47. The molecule has 1 N–H and O–H groups in total. The predicted molar refractivity (Wildman–Crippen MR) is 94.3 cm³/mol. The molecule has 0 aliphatic heterocycles. The molecular weight excluding hydrogens is 300 g/mol. The summed E-state index contributed by atoms with van der Waals surface area (Å²) >= 11 is 0. The minimum absolute atomic E-state index is 0.00973. The Kier molecular flexibility index (Phi) is 4.96. The number of carbonyl (C=O) groups excluding carboxylic acids is 1. The van der Waals surface area contributed by atoms with Crippen molar-refractivity contribution in [1.82, 2.24) is 9.88 Å². The van der Waals surface area contributed by atoms with Gasteiger partial charge < -0.3 is 14.6 Å². The third kappa shape index (κ3) is 4.04. The molecule has 122 valence electrons. The first-order valence-corrected chi connectivity index (χ1v) is 7.93. The molecule has 1 amide bonds. The molecule has 1 aromatic heterocycles. The van der Waals surface area contributed by atoms with Crippen LogP contribution in [0.4, 0.5) is 0 Å². The Morgan fingerprint density at radius 1 is 1.00 bits per heavy atom. The molecule has 4 nitrogen and oxygen atoms in total. The number of nitrogens with one attached hydrogen (secondary N) is 1. The third-order valence-electron chi connectivity index (χ3n) is 3.79. The molecule has 3 rings (SSSR count). The average molecular weight is 320 g/mol. The first-order chi connectivity index (χ1) is 11.7. The van der Waals surface area contributed by atoms with Crippen LogP contribution >= 0.6 is 0 Å². The fourth-order valence-corrected chi connectivity index (χ4v) is 2.47. The van der Waals surface area contributed by atoms with Gasteiger partial charge in [-0.2, -0.15) is 0 Å². The predicted octanol–water partition coefficient (Wildman–Crippen LogP) is 3.73. The van der Waals surface area contributed by atoms with Crippen molar-refractivity contribution in [3.8, 4) is 11.4 Å². The van der Waals surface area contributed by atoms with Crippen LogP contribution in [0.3, 0.4) is 0 Å². The molecule has 0 radical (unpaired) electrons. The highest BCUT2D eigenvalue weighted by atomic mass is 16.5. The highest BCUT2D eigenvalue weighted by Gasteiger charge is 2.10. The van der Waals surface area contributed by atoms with Gasteiger partial charge in [-0.1, -0.05) is 30.3 Å². The van der Waals surface area contributed by atoms with Crippen LogP contribution in [0.15, 0.2) is 79.1 Å². The van der Waals surface area contributed by atoms with Crippen LogP contribution in [0.25, 0.3) is 5.69 Å². The summed E-state index contributed by atoms with van der Waals surface area (Å²) < 4.78 is 7.50. The highest BCUT2D eigenvalue weighted by molar-refractivity contribution is 5.78. The van der Waals surface area contributed by atoms with E-state index in [2.05, 4.69) is 5.32 Å². The highest BCUT2D eigenvalue weighted by Crippen LogP contribution is 2.16. The number of rotatable bonds is 6. The Morgan fingerprint density at radius 2 is 1.67 bits per heavy atom. The second kappa shape index (κ2) is 7.51. The maximum Gasteiger partial charge on any atom is 0.258 e. The maximum absolute atomic E-state index is 12.0. The van der Waals surface area contributed by atoms with E-state index in [4.69, 9.17) is 4.74 Å². The Bertz CT molecular complexity index is 765. The van der Waals surface area contributed by atoms with E-state index in [1.165, 1.54) is 0 Å². The number of para-hydroxylation sites is 1. The van der Waals surface area contributed by atoms with Crippen molar-refractivity contribution in [2.24, 2.45) is 0 Å². The van der Waals surface area contributed by atoms with Gasteiger partial charge >= 0.3 is 0 Å². The summed E-state index contributed by atoms with van der Waals surface area (Å²) in [6, 6.07) is 21.4. The van der Waals surface area contributed by atoms with Gasteiger partial charge in [-0.3, -0.25) is 4.79 Å². The van der Waals surface area contributed by atoms with Crippen LogP contribution < -0.4 is 10.1 Å². The van der Waals surface area contributed by atoms with Gasteiger partial charge in [0.25, 0.3) is 5.91 Å². The average Bonchev–Trinajstić information content (AvgIpc) is 3.16. The normalized spacial score (nSPS) is 11.7. The van der Waals surface area contributed by atoms with Crippen molar-refractivity contribution in [3.63, 3.8) is 0 Å². The van der Waals surface area contributed by atoms with Gasteiger partial charge in [0, 0.05) is 18.1 Å². The molecule has 1 heterocycles. The number of nitrogens with zero attached hydrogens (tertiary/aromatic N) is 1. The largest absolute Gasteiger partial charge is 0.484 e. The summed E-state index contributed by atoms with van der Waals surface area (Å²) in [6.45, 7) is 1.97. The first-order valence-electron chi connectivity index (χ1n) is 7.93. The second-order valence-corrected chi connectivity index (χ2v) is 5.57. The number of hydrogen-bond donors (Lipinski definition) is 1. The van der Waals surface area contributed by atoms with Gasteiger partial charge in [-0.15, -0.1) is 0 Å². The van der Waals surface area contributed by atoms with E-state index in [0.29, 0.717) is 5.75 Å². The Hall–Kier alpha value is -3.01. The zero-order chi connectivity index (χ0) is 16.8. The molecule has 1 atom stereocenters. The minimum Gasteiger partial charge on any atom is -0.484 e. The van der Waals surface area contributed by atoms with E-state index in [0.717, 1.165) is 11.3 Å². The Labute approximate surface area is 141 Å². The van der Waals surface area contributed by atoms with E-state index in [9.17, 15) is 4.79 Å². The fraction of sp³-hybridized carbons (Fsp3) is 0.150. The van der Waals surface area contributed by atoms with Crippen LogP contribution in [-0.4, -0.2) is 17.1 Å². The lowest BCUT2D eigenvalue weighted by molar-refractivity contribution is -0.123. The number of hydrogen-bond acceptors (Lipinski definition) is 2. The summed E-state index contributed by atoms with van der Waals surface area (Å²) in [5.41, 5.74) is 2.15. The van der Waals surface area contributed by atoms with Crippen LogP contribution in [0.2, 0.25) is 0 Å². The Balaban J connectivity index is 1.54. The monoisotopic (exact) mass is 320 g/mol. The topological polar surface area (TPSA) is 43.3 Å². The number of aromatic nitrogens is 1. The molecule has 0 saturated heterocycles. The standard InChI is InChI=1S/C20H20N2O2/c1-16(21-20(23)15-24-19-7-3-2-4-8-19)17-9-11-18(12-10-17)22-13-5-6-14-22/h2-14,16H,15H2,1H3,(H,21,23)/t16-/m0/s1. The van der Waals surface area contributed by atoms with Crippen molar-refractivity contribution in [3.05, 3.63) is 84.7 Å². The quantitative estimate of drug-likeness (QED) is 0.752. The van der Waals surface area contributed by atoms with Crippen LogP contribution in [0.1, 0.15) is 18.5 Å². The first kappa shape index (κ1) is 15.9. The van der Waals surface area contributed by atoms with Gasteiger partial charge in [-0.25, -0.2) is 0 Å². The number of amides is 1. The van der Waals surface area contributed by atoms with Crippen LogP contribution in [0.5, 0.6) is 5.75 Å². The third-order valence-corrected chi connectivity index (χ3v) is 3.79. The Morgan fingerprint density at radius 3 is 2.33 bits per heavy atom. The van der Waals surface area contributed by atoms with E-state index in [-0.39, 0.29) is 18.6 Å². The second-order valence-electron chi connectivity index (χ2n) is 5.57. The molecule has 4 heteroatoms. The zero-order valence-electron chi connectivity index (χ0n) is 13.6. The molecule has 0 spiro atoms. The molecular formula is C20H20N2O2. The number of benzene rings is 2. The van der Waals surface area contributed by atoms with Gasteiger partial charge in [-0.05, 0) is 48.9 Å². The van der Waals surface area contributed by atoms with Crippen molar-refractivity contribution >= 4 is 5.91 Å². The molecule has 2 aromatic carbocycles. The molecule has 0 saturated carbocycles. The lowest BCUT2D eigenvalue weighted by atomic mass is 10.1. The maximum atomic E-state index is 12.0. The molecule has 0 bridgehead atoms. The van der Waals surface area contributed by atoms with Crippen molar-refractivity contribution < 1.29 is 9.53 Å². The van der Waals surface area contributed by atoms with Gasteiger partial charge in [0.15, 0.2) is 6.61 Å².